The van der Waals surface area contributed by atoms with E-state index < -0.39 is 0 Å². The summed E-state index contributed by atoms with van der Waals surface area (Å²) >= 11 is 0. The van der Waals surface area contributed by atoms with E-state index in [1.165, 1.54) is 0 Å². The summed E-state index contributed by atoms with van der Waals surface area (Å²) in [5, 5.41) is 5.56. The minimum Gasteiger partial charge on any atom is -0.494 e. The molecule has 2 fully saturated rings. The lowest BCUT2D eigenvalue weighted by Gasteiger charge is -2.39. The van der Waals surface area contributed by atoms with Crippen molar-refractivity contribution in [2.75, 3.05) is 71.4 Å². The Morgan fingerprint density at radius 3 is 2.54 bits per heavy atom. The number of ether oxygens (including phenoxy) is 1. The van der Waals surface area contributed by atoms with E-state index in [-0.39, 0.29) is 17.7 Å². The zero-order chi connectivity index (χ0) is 33.5. The molecule has 48 heavy (non-hydrogen) atoms. The van der Waals surface area contributed by atoms with E-state index in [1.54, 1.807) is 24.7 Å². The van der Waals surface area contributed by atoms with Crippen molar-refractivity contribution in [1.82, 2.24) is 34.4 Å². The summed E-state index contributed by atoms with van der Waals surface area (Å²) < 4.78 is 13.0. The molecule has 256 valence electrons. The van der Waals surface area contributed by atoms with Crippen LogP contribution in [0.1, 0.15) is 55.1 Å². The molecule has 1 aliphatic heterocycles. The summed E-state index contributed by atoms with van der Waals surface area (Å²) in [5.74, 6) is 2.75. The van der Waals surface area contributed by atoms with Crippen molar-refractivity contribution >= 4 is 28.7 Å². The molecule has 1 saturated heterocycles. The number of nitrogens with zero attached hydrogens (tertiary/aromatic N) is 8. The summed E-state index contributed by atoms with van der Waals surface area (Å²) in [5.41, 5.74) is 1.88. The topological polar surface area (TPSA) is 113 Å². The average molecular weight is 657 g/mol. The van der Waals surface area contributed by atoms with Crippen molar-refractivity contribution in [3.63, 3.8) is 0 Å². The lowest BCUT2D eigenvalue weighted by molar-refractivity contribution is -0.137. The fraction of sp³-hybridized carbons (Fsp3) is 0.528. The number of rotatable bonds is 13. The molecule has 2 amide bonds. The van der Waals surface area contributed by atoms with Gasteiger partial charge in [-0.1, -0.05) is 12.1 Å². The number of fused-ring (bicyclic) bond motifs is 1. The minimum atomic E-state index is -0.0459. The second-order valence-corrected chi connectivity index (χ2v) is 13.2. The van der Waals surface area contributed by atoms with Gasteiger partial charge < -0.3 is 28.8 Å². The first-order chi connectivity index (χ1) is 23.4. The second kappa shape index (κ2) is 15.6. The number of furan rings is 1. The van der Waals surface area contributed by atoms with Crippen LogP contribution in [0.5, 0.6) is 5.75 Å². The predicted molar refractivity (Wildman–Crippen MR) is 184 cm³/mol. The molecule has 6 rings (SSSR count). The van der Waals surface area contributed by atoms with Gasteiger partial charge in [0.15, 0.2) is 11.4 Å². The van der Waals surface area contributed by atoms with Crippen LogP contribution < -0.4 is 9.64 Å². The van der Waals surface area contributed by atoms with Crippen LogP contribution in [0.4, 0.5) is 5.82 Å². The molecule has 12 heteroatoms. The van der Waals surface area contributed by atoms with Gasteiger partial charge in [0.25, 0.3) is 5.91 Å². The molecule has 0 bridgehead atoms. The zero-order valence-electron chi connectivity index (χ0n) is 28.5. The van der Waals surface area contributed by atoms with Crippen molar-refractivity contribution in [3.8, 4) is 5.75 Å². The number of benzene rings is 1. The van der Waals surface area contributed by atoms with E-state index in [2.05, 4.69) is 30.9 Å². The van der Waals surface area contributed by atoms with Gasteiger partial charge in [-0.3, -0.25) is 9.59 Å². The predicted octanol–water partition coefficient (Wildman–Crippen LogP) is 4.42. The third-order valence-corrected chi connectivity index (χ3v) is 9.57. The first-order valence-corrected chi connectivity index (χ1v) is 17.3. The summed E-state index contributed by atoms with van der Waals surface area (Å²) in [6, 6.07) is 11.5. The lowest BCUT2D eigenvalue weighted by Crippen LogP contribution is -2.51. The van der Waals surface area contributed by atoms with Gasteiger partial charge in [0.1, 0.15) is 17.9 Å². The van der Waals surface area contributed by atoms with Gasteiger partial charge >= 0.3 is 0 Å². The molecule has 1 aliphatic carbocycles. The van der Waals surface area contributed by atoms with Crippen LogP contribution in [0.3, 0.4) is 0 Å². The van der Waals surface area contributed by atoms with Crippen molar-refractivity contribution in [2.24, 2.45) is 11.8 Å². The van der Waals surface area contributed by atoms with Crippen LogP contribution in [0.15, 0.2) is 59.6 Å². The monoisotopic (exact) mass is 656 g/mol. The Bertz CT molecular complexity index is 1640. The maximum absolute atomic E-state index is 13.6. The van der Waals surface area contributed by atoms with E-state index in [0.717, 1.165) is 66.8 Å². The van der Waals surface area contributed by atoms with Crippen LogP contribution in [-0.2, 0) is 11.3 Å². The van der Waals surface area contributed by atoms with Crippen LogP contribution in [-0.4, -0.2) is 113 Å². The molecule has 0 radical (unpaired) electrons. The number of amides is 2. The maximum Gasteiger partial charge on any atom is 0.289 e. The van der Waals surface area contributed by atoms with E-state index in [1.807, 2.05) is 59.9 Å². The molecule has 2 aliphatic rings. The SMILES string of the molecule is CCOc1cccc(Cn2ncc3c(N4CCN(C(=O)C5CCC(CN(CCCN(C)C)C(=O)c6ccco6)CC5)CC4)ncnc32)c1. The smallest absolute Gasteiger partial charge is 0.289 e. The third-order valence-electron chi connectivity index (χ3n) is 9.57. The van der Waals surface area contributed by atoms with Gasteiger partial charge in [-0.15, -0.1) is 0 Å². The lowest BCUT2D eigenvalue weighted by atomic mass is 9.81. The van der Waals surface area contributed by atoms with Crippen molar-refractivity contribution < 1.29 is 18.7 Å². The number of hydrogen-bond donors (Lipinski definition) is 0. The summed E-state index contributed by atoms with van der Waals surface area (Å²) in [7, 11) is 4.10. The molecule has 0 atom stereocenters. The van der Waals surface area contributed by atoms with Gasteiger partial charge in [0.2, 0.25) is 5.91 Å². The molecule has 1 aromatic carbocycles. The third kappa shape index (κ3) is 7.98. The Hall–Kier alpha value is -4.45. The second-order valence-electron chi connectivity index (χ2n) is 13.2. The first kappa shape index (κ1) is 33.5. The summed E-state index contributed by atoms with van der Waals surface area (Å²) in [6.45, 7) is 8.27. The standard InChI is InChI=1S/C36H48N8O4/c1-4-47-30-9-5-8-28(22-30)25-44-34-31(23-39-44)33(37-26-38-34)41-17-19-42(20-18-41)35(45)29-13-11-27(12-14-29)24-43(16-7-15-40(2)3)36(46)32-10-6-21-48-32/h5-6,8-10,21-23,26-27,29H,4,7,11-20,24-25H2,1-3H3. The van der Waals surface area contributed by atoms with Gasteiger partial charge in [-0.25, -0.2) is 14.6 Å². The van der Waals surface area contributed by atoms with Crippen molar-refractivity contribution in [1.29, 1.82) is 0 Å². The van der Waals surface area contributed by atoms with Gasteiger partial charge in [-0.05, 0) is 95.4 Å². The number of hydrogen-bond acceptors (Lipinski definition) is 9. The Morgan fingerprint density at radius 2 is 1.81 bits per heavy atom. The summed E-state index contributed by atoms with van der Waals surface area (Å²) in [6.07, 6.45) is 9.54. The van der Waals surface area contributed by atoms with E-state index in [4.69, 9.17) is 9.15 Å². The molecule has 3 aromatic heterocycles. The van der Waals surface area contributed by atoms with Gasteiger partial charge in [0, 0.05) is 45.2 Å². The molecule has 0 spiro atoms. The van der Waals surface area contributed by atoms with E-state index in [9.17, 15) is 9.59 Å². The number of anilines is 1. The normalized spacial score (nSPS) is 18.4. The quantitative estimate of drug-likeness (QED) is 0.207. The highest BCUT2D eigenvalue weighted by Gasteiger charge is 2.33. The number of carbonyl (C=O) groups is 2. The highest BCUT2D eigenvalue weighted by molar-refractivity contribution is 5.91. The van der Waals surface area contributed by atoms with Crippen molar-refractivity contribution in [2.45, 2.75) is 45.6 Å². The molecular weight excluding hydrogens is 608 g/mol. The Labute approximate surface area is 282 Å². The molecular formula is C36H48N8O4. The molecule has 12 nitrogen and oxygen atoms in total. The highest BCUT2D eigenvalue weighted by atomic mass is 16.5. The molecule has 1 saturated carbocycles. The fourth-order valence-electron chi connectivity index (χ4n) is 7.03. The fourth-order valence-corrected chi connectivity index (χ4v) is 7.03. The first-order valence-electron chi connectivity index (χ1n) is 17.3. The molecule has 0 N–H and O–H groups in total. The van der Waals surface area contributed by atoms with Crippen LogP contribution >= 0.6 is 0 Å². The van der Waals surface area contributed by atoms with Gasteiger partial charge in [-0.2, -0.15) is 5.10 Å². The Balaban J connectivity index is 1.01. The van der Waals surface area contributed by atoms with E-state index >= 15 is 0 Å². The zero-order valence-corrected chi connectivity index (χ0v) is 28.5. The molecule has 4 heterocycles. The largest absolute Gasteiger partial charge is 0.494 e. The maximum atomic E-state index is 13.6. The Morgan fingerprint density at radius 1 is 1.00 bits per heavy atom. The number of carbonyl (C=O) groups excluding carboxylic acids is 2. The number of aromatic nitrogens is 4. The molecule has 4 aromatic rings. The van der Waals surface area contributed by atoms with Crippen LogP contribution in [0, 0.1) is 11.8 Å². The molecule has 0 unspecified atom stereocenters. The summed E-state index contributed by atoms with van der Waals surface area (Å²) in [4.78, 5) is 44.4. The number of piperazine rings is 1. The van der Waals surface area contributed by atoms with Crippen LogP contribution in [0.25, 0.3) is 11.0 Å². The average Bonchev–Trinajstić information content (AvgIpc) is 3.79. The van der Waals surface area contributed by atoms with Crippen molar-refractivity contribution in [3.05, 3.63) is 66.5 Å². The Kier molecular flexibility index (Phi) is 10.9. The van der Waals surface area contributed by atoms with E-state index in [0.29, 0.717) is 64.1 Å². The van der Waals surface area contributed by atoms with Crippen LogP contribution in [0.2, 0.25) is 0 Å². The van der Waals surface area contributed by atoms with Gasteiger partial charge in [0.05, 0.1) is 31.0 Å². The highest BCUT2D eigenvalue weighted by Crippen LogP contribution is 2.32. The minimum absolute atomic E-state index is 0.0426.